The number of unbranched alkanes of at least 4 members (excludes halogenated alkanes) is 1. The molecule has 1 fully saturated rings. The van der Waals surface area contributed by atoms with Crippen molar-refractivity contribution < 1.29 is 31.9 Å². The smallest absolute Gasteiger partial charge is 0.406 e. The highest BCUT2D eigenvalue weighted by Crippen LogP contribution is 2.33. The van der Waals surface area contributed by atoms with Crippen molar-refractivity contribution >= 4 is 17.9 Å². The van der Waals surface area contributed by atoms with Crippen molar-refractivity contribution in [3.05, 3.63) is 106 Å². The van der Waals surface area contributed by atoms with E-state index in [0.717, 1.165) is 73.1 Å². The van der Waals surface area contributed by atoms with Crippen molar-refractivity contribution in [3.63, 3.8) is 0 Å². The van der Waals surface area contributed by atoms with Gasteiger partial charge < -0.3 is 15.0 Å². The second-order valence-electron chi connectivity index (χ2n) is 11.6. The average molecular weight is 650 g/mol. The van der Waals surface area contributed by atoms with E-state index in [-0.39, 0.29) is 23.7 Å². The Morgan fingerprint density at radius 2 is 1.81 bits per heavy atom. The number of aryl methyl sites for hydroxylation is 2. The molecule has 3 heterocycles. The van der Waals surface area contributed by atoms with Gasteiger partial charge in [0, 0.05) is 44.1 Å². The number of benzene rings is 2. The summed E-state index contributed by atoms with van der Waals surface area (Å²) in [5.41, 5.74) is 5.04. The quantitative estimate of drug-likeness (QED) is 0.175. The summed E-state index contributed by atoms with van der Waals surface area (Å²) in [7, 11) is 0. The second kappa shape index (κ2) is 13.7. The number of rotatable bonds is 12. The third-order valence-corrected chi connectivity index (χ3v) is 8.16. The van der Waals surface area contributed by atoms with E-state index in [1.807, 2.05) is 35.2 Å². The predicted octanol–water partition coefficient (Wildman–Crippen LogP) is 4.70. The summed E-state index contributed by atoms with van der Waals surface area (Å²) in [6, 6.07) is 14.4. The van der Waals surface area contributed by atoms with Crippen LogP contribution in [0.1, 0.15) is 51.4 Å². The van der Waals surface area contributed by atoms with Crippen LogP contribution in [0.5, 0.6) is 5.75 Å². The van der Waals surface area contributed by atoms with Gasteiger partial charge in [-0.1, -0.05) is 47.2 Å². The van der Waals surface area contributed by atoms with Crippen LogP contribution in [0.25, 0.3) is 6.08 Å². The molecule has 0 saturated carbocycles. The Balaban J connectivity index is 0.925. The van der Waals surface area contributed by atoms with Crippen LogP contribution in [0.2, 0.25) is 0 Å². The van der Waals surface area contributed by atoms with E-state index in [2.05, 4.69) is 42.7 Å². The van der Waals surface area contributed by atoms with Crippen LogP contribution in [0.4, 0.5) is 17.6 Å². The van der Waals surface area contributed by atoms with Crippen molar-refractivity contribution in [2.45, 2.75) is 51.6 Å². The Morgan fingerprint density at radius 3 is 2.60 bits per heavy atom. The summed E-state index contributed by atoms with van der Waals surface area (Å²) in [6.07, 6.45) is 2.12. The van der Waals surface area contributed by atoms with Gasteiger partial charge in [-0.2, -0.15) is 10.2 Å². The number of likely N-dealkylation sites (tertiary alicyclic amines) is 1. The summed E-state index contributed by atoms with van der Waals surface area (Å²) < 4.78 is 56.7. The molecule has 10 nitrogen and oxygen atoms in total. The minimum absolute atomic E-state index is 0.00433. The topological polar surface area (TPSA) is 115 Å². The fraction of sp³-hybridized carbons (Fsp3) is 0.333. The molecule has 1 aliphatic heterocycles. The minimum atomic E-state index is -4.92. The maximum atomic E-state index is 14.0. The van der Waals surface area contributed by atoms with Gasteiger partial charge in [0.1, 0.15) is 11.6 Å². The molecule has 2 amide bonds. The third kappa shape index (κ3) is 8.18. The maximum Gasteiger partial charge on any atom is 0.573 e. The van der Waals surface area contributed by atoms with Crippen LogP contribution in [0.15, 0.2) is 66.4 Å². The number of alkyl halides is 3. The molecule has 2 aromatic carbocycles. The van der Waals surface area contributed by atoms with E-state index in [9.17, 15) is 27.2 Å². The standard InChI is InChI=1S/C33H31F4N7O3/c34-28-10-9-27(47-33(35,36)37)15-24(28)17-38-32(46)30-20-44(42-41-30)11-5-4-8-26-14-23-13-22(16-29(23)40-39-26)25-18-43(19-25)31(45)12-21-6-2-1-3-7-21/h1-3,6-7,9-10,13-15,20,25H,4-5,8,11-12,16-19H2,(H,38,46). The van der Waals surface area contributed by atoms with E-state index >= 15 is 0 Å². The van der Waals surface area contributed by atoms with Gasteiger partial charge >= 0.3 is 6.36 Å². The molecular formula is C33H31F4N7O3. The Labute approximate surface area is 267 Å². The first kappa shape index (κ1) is 31.8. The summed E-state index contributed by atoms with van der Waals surface area (Å²) in [5, 5.41) is 19.1. The average Bonchev–Trinajstić information content (AvgIpc) is 3.65. The first-order valence-electron chi connectivity index (χ1n) is 15.2. The minimum Gasteiger partial charge on any atom is -0.406 e. The summed E-state index contributed by atoms with van der Waals surface area (Å²) in [6.45, 7) is 1.59. The van der Waals surface area contributed by atoms with Crippen molar-refractivity contribution in [3.8, 4) is 5.75 Å². The van der Waals surface area contributed by atoms with Crippen LogP contribution >= 0.6 is 0 Å². The van der Waals surface area contributed by atoms with Gasteiger partial charge in [-0.3, -0.25) is 14.3 Å². The first-order valence-corrected chi connectivity index (χ1v) is 15.2. The normalized spacial score (nSPS) is 14.4. The number of hydrogen-bond acceptors (Lipinski definition) is 7. The first-order chi connectivity index (χ1) is 22.6. The monoisotopic (exact) mass is 649 g/mol. The molecule has 0 atom stereocenters. The highest BCUT2D eigenvalue weighted by molar-refractivity contribution is 5.91. The Kier molecular flexibility index (Phi) is 9.27. The number of carbonyl (C=O) groups is 2. The van der Waals surface area contributed by atoms with Crippen molar-refractivity contribution in [1.29, 1.82) is 0 Å². The summed E-state index contributed by atoms with van der Waals surface area (Å²) >= 11 is 0. The van der Waals surface area contributed by atoms with Gasteiger partial charge in [0.2, 0.25) is 5.91 Å². The van der Waals surface area contributed by atoms with E-state index < -0.39 is 23.8 Å². The number of amides is 2. The number of fused-ring (bicyclic) bond motifs is 1. The molecule has 244 valence electrons. The molecule has 0 spiro atoms. The van der Waals surface area contributed by atoms with Gasteiger partial charge in [-0.05, 0) is 54.7 Å². The van der Waals surface area contributed by atoms with Gasteiger partial charge in [-0.25, -0.2) is 4.39 Å². The highest BCUT2D eigenvalue weighted by Gasteiger charge is 2.35. The van der Waals surface area contributed by atoms with Crippen LogP contribution in [-0.2, 0) is 37.1 Å². The van der Waals surface area contributed by atoms with E-state index in [0.29, 0.717) is 25.3 Å². The zero-order chi connectivity index (χ0) is 33.0. The number of carbonyl (C=O) groups excluding carboxylic acids is 2. The van der Waals surface area contributed by atoms with Gasteiger partial charge in [-0.15, -0.1) is 18.3 Å². The van der Waals surface area contributed by atoms with E-state index in [4.69, 9.17) is 0 Å². The highest BCUT2D eigenvalue weighted by atomic mass is 19.4. The van der Waals surface area contributed by atoms with Crippen LogP contribution in [0, 0.1) is 11.7 Å². The lowest BCUT2D eigenvalue weighted by Crippen LogP contribution is -2.51. The fourth-order valence-electron chi connectivity index (χ4n) is 5.61. The SMILES string of the molecule is O=C(NCc1cc(OC(F)(F)F)ccc1F)c1cn(CCCCc2cc3c(nn2)CC(C2CN(C(=O)Cc4ccccc4)C2)=C3)nn1. The molecular weight excluding hydrogens is 618 g/mol. The van der Waals surface area contributed by atoms with Crippen LogP contribution < -0.4 is 10.1 Å². The summed E-state index contributed by atoms with van der Waals surface area (Å²) in [4.78, 5) is 27.0. The lowest BCUT2D eigenvalue weighted by Gasteiger charge is -2.40. The molecule has 0 radical (unpaired) electrons. The molecule has 47 heavy (non-hydrogen) atoms. The number of nitrogens with one attached hydrogen (secondary N) is 1. The van der Waals surface area contributed by atoms with Crippen molar-refractivity contribution in [2.24, 2.45) is 5.92 Å². The second-order valence-corrected chi connectivity index (χ2v) is 11.6. The van der Waals surface area contributed by atoms with Gasteiger partial charge in [0.15, 0.2) is 5.69 Å². The molecule has 0 unspecified atom stereocenters. The molecule has 14 heteroatoms. The number of ether oxygens (including phenoxy) is 1. The Bertz CT molecular complexity index is 1790. The number of nitrogens with zero attached hydrogens (tertiary/aromatic N) is 6. The molecule has 2 aromatic heterocycles. The number of hydrogen-bond donors (Lipinski definition) is 1. The Hall–Kier alpha value is -5.14. The lowest BCUT2D eigenvalue weighted by atomic mass is 9.90. The predicted molar refractivity (Wildman–Crippen MR) is 161 cm³/mol. The molecule has 0 bridgehead atoms. The fourth-order valence-corrected chi connectivity index (χ4v) is 5.61. The van der Waals surface area contributed by atoms with Gasteiger partial charge in [0.05, 0.1) is 24.0 Å². The Morgan fingerprint density at radius 1 is 1.00 bits per heavy atom. The third-order valence-electron chi connectivity index (χ3n) is 8.16. The largest absolute Gasteiger partial charge is 0.573 e. The van der Waals surface area contributed by atoms with Crippen molar-refractivity contribution in [2.75, 3.05) is 13.1 Å². The molecule has 4 aromatic rings. The van der Waals surface area contributed by atoms with E-state index in [1.54, 1.807) is 0 Å². The molecule has 2 aliphatic rings. The van der Waals surface area contributed by atoms with Crippen LogP contribution in [-0.4, -0.2) is 61.4 Å². The molecule has 1 N–H and O–H groups in total. The van der Waals surface area contributed by atoms with E-state index in [1.165, 1.54) is 16.5 Å². The zero-order valence-electron chi connectivity index (χ0n) is 25.2. The van der Waals surface area contributed by atoms with Crippen molar-refractivity contribution in [1.82, 2.24) is 35.4 Å². The van der Waals surface area contributed by atoms with Gasteiger partial charge in [0.25, 0.3) is 5.91 Å². The number of aromatic nitrogens is 5. The lowest BCUT2D eigenvalue weighted by molar-refractivity contribution is -0.274. The maximum absolute atomic E-state index is 14.0. The van der Waals surface area contributed by atoms with Crippen LogP contribution in [0.3, 0.4) is 0 Å². The summed E-state index contributed by atoms with van der Waals surface area (Å²) in [5.74, 6) is -1.53. The molecule has 1 saturated heterocycles. The zero-order valence-corrected chi connectivity index (χ0v) is 25.2. The number of halogens is 4. The molecule has 6 rings (SSSR count). The molecule has 1 aliphatic carbocycles.